The number of fused-ring (bicyclic) bond motifs is 1. The second kappa shape index (κ2) is 8.21. The number of ether oxygens (including phenoxy) is 2. The highest BCUT2D eigenvalue weighted by atomic mass is 16.6. The first-order valence-corrected chi connectivity index (χ1v) is 9.49. The SMILES string of the molecule is O=C(Nc1ccccc1)NC1CCN(C(=O)C2COc3ccccc3O2)CC1. The van der Waals surface area contributed by atoms with Gasteiger partial charge >= 0.3 is 6.03 Å². The van der Waals surface area contributed by atoms with E-state index in [9.17, 15) is 9.59 Å². The number of para-hydroxylation sites is 3. The van der Waals surface area contributed by atoms with Gasteiger partial charge < -0.3 is 25.0 Å². The minimum atomic E-state index is -0.624. The van der Waals surface area contributed by atoms with Gasteiger partial charge in [0.2, 0.25) is 6.10 Å². The predicted octanol–water partition coefficient (Wildman–Crippen LogP) is 2.64. The normalized spacial score (nSPS) is 19.0. The van der Waals surface area contributed by atoms with Gasteiger partial charge in [0.1, 0.15) is 6.61 Å². The first kappa shape index (κ1) is 18.2. The zero-order valence-electron chi connectivity index (χ0n) is 15.5. The minimum Gasteiger partial charge on any atom is -0.485 e. The van der Waals surface area contributed by atoms with Crippen LogP contribution in [-0.4, -0.2) is 48.7 Å². The van der Waals surface area contributed by atoms with Crippen LogP contribution in [0.4, 0.5) is 10.5 Å². The molecular formula is C21H23N3O4. The van der Waals surface area contributed by atoms with Crippen LogP contribution >= 0.6 is 0 Å². The molecule has 7 nitrogen and oxygen atoms in total. The van der Waals surface area contributed by atoms with Crippen molar-refractivity contribution in [3.8, 4) is 11.5 Å². The molecule has 1 fully saturated rings. The van der Waals surface area contributed by atoms with Crippen LogP contribution in [0.2, 0.25) is 0 Å². The monoisotopic (exact) mass is 381 g/mol. The Hall–Kier alpha value is -3.22. The number of amides is 3. The molecule has 7 heteroatoms. The predicted molar refractivity (Wildman–Crippen MR) is 105 cm³/mol. The molecule has 3 amide bonds. The molecular weight excluding hydrogens is 358 g/mol. The second-order valence-corrected chi connectivity index (χ2v) is 6.93. The molecule has 146 valence electrons. The number of hydrogen-bond acceptors (Lipinski definition) is 4. The van der Waals surface area contributed by atoms with E-state index >= 15 is 0 Å². The molecule has 0 radical (unpaired) electrons. The average molecular weight is 381 g/mol. The Morgan fingerprint density at radius 2 is 1.61 bits per heavy atom. The van der Waals surface area contributed by atoms with Crippen molar-refractivity contribution in [1.29, 1.82) is 0 Å². The van der Waals surface area contributed by atoms with E-state index in [-0.39, 0.29) is 24.6 Å². The van der Waals surface area contributed by atoms with Crippen LogP contribution < -0.4 is 20.1 Å². The van der Waals surface area contributed by atoms with E-state index in [1.807, 2.05) is 48.5 Å². The van der Waals surface area contributed by atoms with Crippen molar-refractivity contribution >= 4 is 17.6 Å². The summed E-state index contributed by atoms with van der Waals surface area (Å²) in [6.07, 6.45) is 0.789. The van der Waals surface area contributed by atoms with Crippen molar-refractivity contribution in [2.45, 2.75) is 25.0 Å². The number of hydrogen-bond donors (Lipinski definition) is 2. The van der Waals surface area contributed by atoms with Gasteiger partial charge in [-0.1, -0.05) is 30.3 Å². The van der Waals surface area contributed by atoms with Crippen molar-refractivity contribution < 1.29 is 19.1 Å². The lowest BCUT2D eigenvalue weighted by Gasteiger charge is -2.35. The molecule has 2 heterocycles. The highest BCUT2D eigenvalue weighted by Gasteiger charge is 2.33. The van der Waals surface area contributed by atoms with Gasteiger partial charge in [-0.05, 0) is 37.1 Å². The van der Waals surface area contributed by atoms with Gasteiger partial charge in [0.25, 0.3) is 5.91 Å². The van der Waals surface area contributed by atoms with Gasteiger partial charge in [-0.25, -0.2) is 4.79 Å². The average Bonchev–Trinajstić information content (AvgIpc) is 2.74. The smallest absolute Gasteiger partial charge is 0.319 e. The Morgan fingerprint density at radius 3 is 2.36 bits per heavy atom. The van der Waals surface area contributed by atoms with Crippen molar-refractivity contribution in [2.24, 2.45) is 0 Å². The van der Waals surface area contributed by atoms with E-state index in [0.29, 0.717) is 37.4 Å². The molecule has 0 spiro atoms. The van der Waals surface area contributed by atoms with Crippen molar-refractivity contribution in [3.05, 3.63) is 54.6 Å². The maximum atomic E-state index is 12.8. The Kier molecular flexibility index (Phi) is 5.32. The summed E-state index contributed by atoms with van der Waals surface area (Å²) in [4.78, 5) is 26.7. The van der Waals surface area contributed by atoms with E-state index in [1.165, 1.54) is 0 Å². The maximum absolute atomic E-state index is 12.8. The number of urea groups is 1. The van der Waals surface area contributed by atoms with Gasteiger partial charge in [0.05, 0.1) is 0 Å². The second-order valence-electron chi connectivity index (χ2n) is 6.93. The highest BCUT2D eigenvalue weighted by Crippen LogP contribution is 2.31. The third-order valence-corrected chi connectivity index (χ3v) is 4.96. The number of rotatable bonds is 3. The summed E-state index contributed by atoms with van der Waals surface area (Å²) < 4.78 is 11.4. The zero-order valence-corrected chi connectivity index (χ0v) is 15.5. The van der Waals surface area contributed by atoms with Crippen molar-refractivity contribution in [1.82, 2.24) is 10.2 Å². The third kappa shape index (κ3) is 4.19. The molecule has 0 saturated carbocycles. The van der Waals surface area contributed by atoms with Gasteiger partial charge in [-0.3, -0.25) is 4.79 Å². The third-order valence-electron chi connectivity index (χ3n) is 4.96. The fourth-order valence-electron chi connectivity index (χ4n) is 3.46. The van der Waals surface area contributed by atoms with E-state index in [4.69, 9.17) is 9.47 Å². The molecule has 4 rings (SSSR count). The Labute approximate surface area is 163 Å². The number of anilines is 1. The molecule has 1 unspecified atom stereocenters. The van der Waals surface area contributed by atoms with Crippen molar-refractivity contribution in [2.75, 3.05) is 25.0 Å². The molecule has 0 aliphatic carbocycles. The molecule has 0 aromatic heterocycles. The molecule has 2 aromatic carbocycles. The van der Waals surface area contributed by atoms with E-state index < -0.39 is 6.10 Å². The topological polar surface area (TPSA) is 79.9 Å². The number of carbonyl (C=O) groups excluding carboxylic acids is 2. The van der Waals surface area contributed by atoms with Crippen LogP contribution in [0, 0.1) is 0 Å². The molecule has 2 N–H and O–H groups in total. The lowest BCUT2D eigenvalue weighted by molar-refractivity contribution is -0.142. The number of nitrogens with zero attached hydrogens (tertiary/aromatic N) is 1. The van der Waals surface area contributed by atoms with Crippen LogP contribution in [0.15, 0.2) is 54.6 Å². The number of carbonyl (C=O) groups is 2. The summed E-state index contributed by atoms with van der Waals surface area (Å²) in [5, 5.41) is 5.79. The first-order chi connectivity index (χ1) is 13.7. The molecule has 2 aliphatic rings. The van der Waals surface area contributed by atoms with E-state index in [2.05, 4.69) is 10.6 Å². The van der Waals surface area contributed by atoms with Gasteiger partial charge in [-0.15, -0.1) is 0 Å². The fourth-order valence-corrected chi connectivity index (χ4v) is 3.46. The van der Waals surface area contributed by atoms with Crippen LogP contribution in [0.5, 0.6) is 11.5 Å². The molecule has 2 aliphatic heterocycles. The molecule has 2 aromatic rings. The molecule has 1 atom stereocenters. The molecule has 1 saturated heterocycles. The molecule has 28 heavy (non-hydrogen) atoms. The summed E-state index contributed by atoms with van der Waals surface area (Å²) in [5.41, 5.74) is 0.752. The van der Waals surface area contributed by atoms with Gasteiger partial charge in [0.15, 0.2) is 11.5 Å². The van der Waals surface area contributed by atoms with Crippen LogP contribution in [-0.2, 0) is 4.79 Å². The lowest BCUT2D eigenvalue weighted by Crippen LogP contribution is -2.52. The largest absolute Gasteiger partial charge is 0.485 e. The maximum Gasteiger partial charge on any atom is 0.319 e. The van der Waals surface area contributed by atoms with Crippen LogP contribution in [0.1, 0.15) is 12.8 Å². The number of piperidine rings is 1. The minimum absolute atomic E-state index is 0.0389. The van der Waals surface area contributed by atoms with Gasteiger partial charge in [-0.2, -0.15) is 0 Å². The Balaban J connectivity index is 1.25. The fraction of sp³-hybridized carbons (Fsp3) is 0.333. The number of nitrogens with one attached hydrogen (secondary N) is 2. The van der Waals surface area contributed by atoms with Crippen LogP contribution in [0.25, 0.3) is 0 Å². The standard InChI is InChI=1S/C21H23N3O4/c25-20(19-14-27-17-8-4-5-9-18(17)28-19)24-12-10-16(11-13-24)23-21(26)22-15-6-2-1-3-7-15/h1-9,16,19H,10-14H2,(H2,22,23,26). The molecule has 0 bridgehead atoms. The number of likely N-dealkylation sites (tertiary alicyclic amines) is 1. The van der Waals surface area contributed by atoms with Crippen LogP contribution in [0.3, 0.4) is 0 Å². The van der Waals surface area contributed by atoms with E-state index in [0.717, 1.165) is 5.69 Å². The quantitative estimate of drug-likeness (QED) is 0.857. The number of benzene rings is 2. The summed E-state index contributed by atoms with van der Waals surface area (Å²) in [6, 6.07) is 16.5. The Morgan fingerprint density at radius 1 is 0.929 bits per heavy atom. The summed E-state index contributed by atoms with van der Waals surface area (Å²) in [7, 11) is 0. The zero-order chi connectivity index (χ0) is 19.3. The van der Waals surface area contributed by atoms with Gasteiger partial charge in [0, 0.05) is 24.8 Å². The summed E-state index contributed by atoms with van der Waals surface area (Å²) in [5.74, 6) is 1.20. The highest BCUT2D eigenvalue weighted by molar-refractivity contribution is 5.89. The summed E-state index contributed by atoms with van der Waals surface area (Å²) in [6.45, 7) is 1.38. The summed E-state index contributed by atoms with van der Waals surface area (Å²) >= 11 is 0. The van der Waals surface area contributed by atoms with Crippen molar-refractivity contribution in [3.63, 3.8) is 0 Å². The first-order valence-electron chi connectivity index (χ1n) is 9.49. The Bertz CT molecular complexity index is 835. The van der Waals surface area contributed by atoms with E-state index in [1.54, 1.807) is 11.0 Å². The lowest BCUT2D eigenvalue weighted by atomic mass is 10.0.